The molecule has 1 saturated heterocycles. The van der Waals surface area contributed by atoms with Crippen molar-refractivity contribution in [2.24, 2.45) is 0 Å². The molecule has 2 aromatic heterocycles. The molecule has 0 spiro atoms. The Morgan fingerprint density at radius 3 is 2.89 bits per heavy atom. The molecule has 7 heteroatoms. The maximum Gasteiger partial charge on any atom is 0.264 e. The quantitative estimate of drug-likeness (QED) is 0.850. The number of rotatable bonds is 2. The van der Waals surface area contributed by atoms with Crippen molar-refractivity contribution in [2.75, 3.05) is 13.1 Å². The van der Waals surface area contributed by atoms with E-state index >= 15 is 0 Å². The average molecular weight is 327 g/mol. The van der Waals surface area contributed by atoms with Gasteiger partial charge in [0, 0.05) is 22.9 Å². The molecule has 0 bridgehead atoms. The lowest BCUT2D eigenvalue weighted by molar-refractivity contribution is 0.0791. The molecule has 1 unspecified atom stereocenters. The standard InChI is InChI=1S/C11H11BrN4OS/c12-8-5-10(18-7-8)11(17)15-4-1-9(6-15)16-13-2-3-14-16/h2-3,5,7,9H,1,4,6H2. The predicted octanol–water partition coefficient (Wildman–Crippen LogP) is 2.19. The van der Waals surface area contributed by atoms with E-state index in [2.05, 4.69) is 26.1 Å². The first-order valence-corrected chi connectivity index (χ1v) is 7.30. The molecule has 1 aliphatic rings. The third kappa shape index (κ3) is 2.20. The van der Waals surface area contributed by atoms with Gasteiger partial charge in [0.15, 0.2) is 0 Å². The molecule has 1 atom stereocenters. The Morgan fingerprint density at radius 1 is 1.44 bits per heavy atom. The molecule has 1 amide bonds. The van der Waals surface area contributed by atoms with Gasteiger partial charge in [-0.2, -0.15) is 15.0 Å². The summed E-state index contributed by atoms with van der Waals surface area (Å²) in [5.74, 6) is 0.0976. The van der Waals surface area contributed by atoms with E-state index in [-0.39, 0.29) is 11.9 Å². The highest BCUT2D eigenvalue weighted by Gasteiger charge is 2.29. The second kappa shape index (κ2) is 4.81. The summed E-state index contributed by atoms with van der Waals surface area (Å²) in [6, 6.07) is 2.07. The SMILES string of the molecule is O=C(c1cc(Br)cs1)N1CCC(n2nccn2)C1. The fourth-order valence-corrected chi connectivity index (χ4v) is 3.50. The van der Waals surface area contributed by atoms with Crippen molar-refractivity contribution in [3.05, 3.63) is 33.2 Å². The lowest BCUT2D eigenvalue weighted by atomic mass is 10.3. The van der Waals surface area contributed by atoms with Crippen LogP contribution in [0.5, 0.6) is 0 Å². The van der Waals surface area contributed by atoms with Gasteiger partial charge in [-0.15, -0.1) is 11.3 Å². The van der Waals surface area contributed by atoms with Crippen LogP contribution in [0, 0.1) is 0 Å². The Bertz CT molecular complexity index is 553. The zero-order chi connectivity index (χ0) is 12.5. The van der Waals surface area contributed by atoms with E-state index in [1.54, 1.807) is 17.2 Å². The van der Waals surface area contributed by atoms with Crippen LogP contribution in [-0.4, -0.2) is 38.9 Å². The Labute approximate surface area is 117 Å². The van der Waals surface area contributed by atoms with Crippen LogP contribution in [0.3, 0.4) is 0 Å². The van der Waals surface area contributed by atoms with Gasteiger partial charge < -0.3 is 4.90 Å². The highest BCUT2D eigenvalue weighted by molar-refractivity contribution is 9.10. The number of thiophene rings is 1. The lowest BCUT2D eigenvalue weighted by Gasteiger charge is -2.15. The molecular formula is C11H11BrN4OS. The van der Waals surface area contributed by atoms with Gasteiger partial charge in [-0.3, -0.25) is 4.79 Å². The number of hydrogen-bond acceptors (Lipinski definition) is 4. The van der Waals surface area contributed by atoms with Crippen molar-refractivity contribution in [3.63, 3.8) is 0 Å². The summed E-state index contributed by atoms with van der Waals surface area (Å²) in [5, 5.41) is 10.2. The topological polar surface area (TPSA) is 51.0 Å². The molecule has 0 N–H and O–H groups in total. The number of nitrogens with zero attached hydrogens (tertiary/aromatic N) is 4. The van der Waals surface area contributed by atoms with E-state index < -0.39 is 0 Å². The number of likely N-dealkylation sites (tertiary alicyclic amines) is 1. The fraction of sp³-hybridized carbons (Fsp3) is 0.364. The van der Waals surface area contributed by atoms with Crippen molar-refractivity contribution in [2.45, 2.75) is 12.5 Å². The van der Waals surface area contributed by atoms with Gasteiger partial charge in [0.05, 0.1) is 23.3 Å². The largest absolute Gasteiger partial charge is 0.336 e. The number of hydrogen-bond donors (Lipinski definition) is 0. The Balaban J connectivity index is 1.70. The second-order valence-corrected chi connectivity index (χ2v) is 6.00. The van der Waals surface area contributed by atoms with Crippen molar-refractivity contribution in [1.29, 1.82) is 0 Å². The summed E-state index contributed by atoms with van der Waals surface area (Å²) in [7, 11) is 0. The molecule has 0 saturated carbocycles. The van der Waals surface area contributed by atoms with E-state index in [9.17, 15) is 4.79 Å². The lowest BCUT2D eigenvalue weighted by Crippen LogP contribution is -2.28. The van der Waals surface area contributed by atoms with Crippen LogP contribution in [0.25, 0.3) is 0 Å². The maximum absolute atomic E-state index is 12.2. The van der Waals surface area contributed by atoms with Gasteiger partial charge >= 0.3 is 0 Å². The minimum absolute atomic E-state index is 0.0976. The highest BCUT2D eigenvalue weighted by Crippen LogP contribution is 2.25. The van der Waals surface area contributed by atoms with E-state index in [0.717, 1.165) is 22.3 Å². The third-order valence-electron chi connectivity index (χ3n) is 2.99. The molecule has 1 aliphatic heterocycles. The normalized spacial score (nSPS) is 19.4. The zero-order valence-corrected chi connectivity index (χ0v) is 11.9. The zero-order valence-electron chi connectivity index (χ0n) is 9.49. The van der Waals surface area contributed by atoms with Crippen LogP contribution >= 0.6 is 27.3 Å². The van der Waals surface area contributed by atoms with Crippen molar-refractivity contribution in [3.8, 4) is 0 Å². The summed E-state index contributed by atoms with van der Waals surface area (Å²) in [4.78, 5) is 16.6. The van der Waals surface area contributed by atoms with Gasteiger partial charge in [0.25, 0.3) is 5.91 Å². The van der Waals surface area contributed by atoms with Crippen molar-refractivity contribution < 1.29 is 4.79 Å². The number of aromatic nitrogens is 3. The van der Waals surface area contributed by atoms with Gasteiger partial charge in [-0.05, 0) is 28.4 Å². The molecular weight excluding hydrogens is 316 g/mol. The molecule has 0 aliphatic carbocycles. The maximum atomic E-state index is 12.2. The summed E-state index contributed by atoms with van der Waals surface area (Å²) in [5.41, 5.74) is 0. The van der Waals surface area contributed by atoms with Crippen LogP contribution < -0.4 is 0 Å². The smallest absolute Gasteiger partial charge is 0.264 e. The van der Waals surface area contributed by atoms with E-state index in [1.165, 1.54) is 11.3 Å². The molecule has 5 nitrogen and oxygen atoms in total. The monoisotopic (exact) mass is 326 g/mol. The first kappa shape index (κ1) is 11.9. The average Bonchev–Trinajstić information content (AvgIpc) is 3.09. The van der Waals surface area contributed by atoms with Gasteiger partial charge in [-0.25, -0.2) is 0 Å². The molecule has 0 aromatic carbocycles. The van der Waals surface area contributed by atoms with Gasteiger partial charge in [0.1, 0.15) is 0 Å². The molecule has 3 rings (SSSR count). The number of carbonyl (C=O) groups excluding carboxylic acids is 1. The van der Waals surface area contributed by atoms with Gasteiger partial charge in [0.2, 0.25) is 0 Å². The van der Waals surface area contributed by atoms with E-state index in [0.29, 0.717) is 6.54 Å². The summed E-state index contributed by atoms with van der Waals surface area (Å²) in [6.45, 7) is 1.45. The van der Waals surface area contributed by atoms with Crippen LogP contribution in [-0.2, 0) is 0 Å². The molecule has 1 fully saturated rings. The predicted molar refractivity (Wildman–Crippen MR) is 71.6 cm³/mol. The van der Waals surface area contributed by atoms with Crippen LogP contribution in [0.15, 0.2) is 28.3 Å². The van der Waals surface area contributed by atoms with Gasteiger partial charge in [-0.1, -0.05) is 0 Å². The molecule has 94 valence electrons. The minimum atomic E-state index is 0.0976. The Kier molecular flexibility index (Phi) is 3.17. The number of halogens is 1. The number of carbonyl (C=O) groups is 1. The Morgan fingerprint density at radius 2 is 2.22 bits per heavy atom. The first-order chi connectivity index (χ1) is 8.74. The van der Waals surface area contributed by atoms with Crippen molar-refractivity contribution >= 4 is 33.2 Å². The summed E-state index contributed by atoms with van der Waals surface area (Å²) >= 11 is 4.84. The van der Waals surface area contributed by atoms with E-state index in [1.807, 2.05) is 16.3 Å². The first-order valence-electron chi connectivity index (χ1n) is 5.63. The second-order valence-electron chi connectivity index (χ2n) is 4.17. The fourth-order valence-electron chi connectivity index (χ4n) is 2.11. The summed E-state index contributed by atoms with van der Waals surface area (Å²) in [6.07, 6.45) is 4.24. The van der Waals surface area contributed by atoms with E-state index in [4.69, 9.17) is 0 Å². The van der Waals surface area contributed by atoms with Crippen LogP contribution in [0.4, 0.5) is 0 Å². The number of amides is 1. The van der Waals surface area contributed by atoms with Crippen LogP contribution in [0.1, 0.15) is 22.1 Å². The molecule has 0 radical (unpaired) electrons. The Hall–Kier alpha value is -1.21. The molecule has 18 heavy (non-hydrogen) atoms. The highest BCUT2D eigenvalue weighted by atomic mass is 79.9. The third-order valence-corrected chi connectivity index (χ3v) is 4.67. The van der Waals surface area contributed by atoms with Crippen molar-refractivity contribution in [1.82, 2.24) is 19.9 Å². The van der Waals surface area contributed by atoms with Crippen LogP contribution in [0.2, 0.25) is 0 Å². The summed E-state index contributed by atoms with van der Waals surface area (Å²) < 4.78 is 0.959. The molecule has 2 aromatic rings. The molecule has 3 heterocycles. The minimum Gasteiger partial charge on any atom is -0.336 e.